The number of halogens is 1. The van der Waals surface area contributed by atoms with Crippen LogP contribution in [0, 0.1) is 0 Å². The van der Waals surface area contributed by atoms with Crippen molar-refractivity contribution in [3.8, 4) is 17.2 Å². The number of hydrogen-bond donors (Lipinski definition) is 1. The molecule has 0 saturated carbocycles. The second-order valence-electron chi connectivity index (χ2n) is 5.37. The van der Waals surface area contributed by atoms with Crippen LogP contribution in [0.25, 0.3) is 10.9 Å². The first-order valence-corrected chi connectivity index (χ1v) is 7.94. The first kappa shape index (κ1) is 17.1. The van der Waals surface area contributed by atoms with E-state index in [-0.39, 0.29) is 5.95 Å². The summed E-state index contributed by atoms with van der Waals surface area (Å²) in [7, 11) is 4.67. The summed E-state index contributed by atoms with van der Waals surface area (Å²) in [4.78, 5) is 8.74. The quantitative estimate of drug-likeness (QED) is 0.751. The van der Waals surface area contributed by atoms with Gasteiger partial charge in [0, 0.05) is 16.8 Å². The van der Waals surface area contributed by atoms with Crippen molar-refractivity contribution in [1.29, 1.82) is 0 Å². The molecule has 0 atom stereocenters. The van der Waals surface area contributed by atoms with Gasteiger partial charge in [-0.05, 0) is 23.8 Å². The highest BCUT2D eigenvalue weighted by Crippen LogP contribution is 2.43. The molecule has 0 radical (unpaired) electrons. The lowest BCUT2D eigenvalue weighted by Gasteiger charge is -2.16. The summed E-state index contributed by atoms with van der Waals surface area (Å²) in [5, 5.41) is 1.47. The Kier molecular flexibility index (Phi) is 4.81. The molecule has 3 rings (SSSR count). The van der Waals surface area contributed by atoms with E-state index in [1.807, 2.05) is 30.3 Å². The van der Waals surface area contributed by atoms with E-state index in [0.717, 1.165) is 16.6 Å². The van der Waals surface area contributed by atoms with Gasteiger partial charge in [0.25, 0.3) is 0 Å². The topological polar surface area (TPSA) is 79.5 Å². The van der Waals surface area contributed by atoms with Crippen LogP contribution < -0.4 is 19.9 Å². The summed E-state index contributed by atoms with van der Waals surface area (Å²) in [5.41, 5.74) is 8.32. The van der Waals surface area contributed by atoms with Gasteiger partial charge >= 0.3 is 0 Å². The van der Waals surface area contributed by atoms with Gasteiger partial charge in [0.2, 0.25) is 11.7 Å². The molecule has 0 spiro atoms. The average molecular weight is 360 g/mol. The van der Waals surface area contributed by atoms with Crippen molar-refractivity contribution in [3.63, 3.8) is 0 Å². The molecule has 0 bridgehead atoms. The molecule has 0 fully saturated rings. The molecule has 25 heavy (non-hydrogen) atoms. The zero-order valence-corrected chi connectivity index (χ0v) is 14.9. The zero-order valence-electron chi connectivity index (χ0n) is 14.2. The molecule has 0 aliphatic heterocycles. The van der Waals surface area contributed by atoms with E-state index in [9.17, 15) is 0 Å². The van der Waals surface area contributed by atoms with Gasteiger partial charge in [-0.2, -0.15) is 0 Å². The predicted octanol–water partition coefficient (Wildman–Crippen LogP) is 3.48. The molecule has 0 saturated heterocycles. The smallest absolute Gasteiger partial charge is 0.220 e. The van der Waals surface area contributed by atoms with Gasteiger partial charge in [-0.15, -0.1) is 0 Å². The predicted molar refractivity (Wildman–Crippen MR) is 97.9 cm³/mol. The lowest BCUT2D eigenvalue weighted by Crippen LogP contribution is -2.04. The van der Waals surface area contributed by atoms with E-state index < -0.39 is 0 Å². The monoisotopic (exact) mass is 359 g/mol. The van der Waals surface area contributed by atoms with Gasteiger partial charge in [-0.3, -0.25) is 0 Å². The van der Waals surface area contributed by atoms with Crippen LogP contribution in [0.3, 0.4) is 0 Å². The van der Waals surface area contributed by atoms with Gasteiger partial charge in [0.1, 0.15) is 5.52 Å². The second kappa shape index (κ2) is 7.03. The second-order valence-corrected chi connectivity index (χ2v) is 5.81. The number of ether oxygens (including phenoxy) is 3. The largest absolute Gasteiger partial charge is 0.493 e. The fourth-order valence-electron chi connectivity index (χ4n) is 2.74. The third-order valence-electron chi connectivity index (χ3n) is 3.88. The summed E-state index contributed by atoms with van der Waals surface area (Å²) < 4.78 is 16.3. The molecule has 3 aromatic rings. The normalized spacial score (nSPS) is 10.7. The van der Waals surface area contributed by atoms with E-state index >= 15 is 0 Å². The molecule has 0 aliphatic carbocycles. The molecule has 2 aromatic carbocycles. The summed E-state index contributed by atoms with van der Waals surface area (Å²) in [6.07, 6.45) is 0.568. The Labute approximate surface area is 150 Å². The Morgan fingerprint density at radius 2 is 1.64 bits per heavy atom. The van der Waals surface area contributed by atoms with Crippen molar-refractivity contribution in [2.24, 2.45) is 0 Å². The van der Waals surface area contributed by atoms with Gasteiger partial charge in [0.05, 0.1) is 27.0 Å². The Morgan fingerprint density at radius 3 is 2.24 bits per heavy atom. The fourth-order valence-corrected chi connectivity index (χ4v) is 2.87. The first-order valence-electron chi connectivity index (χ1n) is 7.57. The number of benzene rings is 2. The number of nitrogens with two attached hydrogens (primary N) is 1. The van der Waals surface area contributed by atoms with Crippen molar-refractivity contribution >= 4 is 28.5 Å². The number of hydrogen-bond acceptors (Lipinski definition) is 6. The Balaban J connectivity index is 2.23. The molecule has 0 aliphatic rings. The lowest BCUT2D eigenvalue weighted by atomic mass is 10.0. The molecule has 2 N–H and O–H groups in total. The molecule has 1 heterocycles. The summed E-state index contributed by atoms with van der Waals surface area (Å²) in [6.45, 7) is 0. The van der Waals surface area contributed by atoms with Crippen molar-refractivity contribution in [3.05, 3.63) is 46.6 Å². The maximum absolute atomic E-state index is 5.95. The number of aromatic nitrogens is 2. The van der Waals surface area contributed by atoms with Crippen LogP contribution in [-0.4, -0.2) is 31.3 Å². The van der Waals surface area contributed by atoms with Crippen LogP contribution in [0.5, 0.6) is 17.2 Å². The van der Waals surface area contributed by atoms with Crippen molar-refractivity contribution in [1.82, 2.24) is 9.97 Å². The van der Waals surface area contributed by atoms with Crippen LogP contribution >= 0.6 is 11.6 Å². The van der Waals surface area contributed by atoms with Crippen molar-refractivity contribution in [2.75, 3.05) is 27.1 Å². The third kappa shape index (κ3) is 3.25. The number of methoxy groups -OCH3 is 3. The highest BCUT2D eigenvalue weighted by Gasteiger charge is 2.20. The Hall–Kier alpha value is -2.73. The lowest BCUT2D eigenvalue weighted by molar-refractivity contribution is 0.327. The number of anilines is 1. The standard InChI is InChI=1S/C18H18ClN3O3/c1-23-14-9-12-13(8-10-4-6-11(19)7-5-10)21-18(20)22-15(12)17(25-3)16(14)24-2/h4-7,9H,8H2,1-3H3,(H2,20,21,22). The number of nitrogens with zero attached hydrogens (tertiary/aromatic N) is 2. The molecule has 6 nitrogen and oxygen atoms in total. The van der Waals surface area contributed by atoms with Gasteiger partial charge < -0.3 is 19.9 Å². The maximum atomic E-state index is 5.95. The summed E-state index contributed by atoms with van der Waals surface area (Å²) >= 11 is 5.95. The molecule has 1 aromatic heterocycles. The van der Waals surface area contributed by atoms with Crippen LogP contribution in [0.4, 0.5) is 5.95 Å². The van der Waals surface area contributed by atoms with Crippen LogP contribution in [0.2, 0.25) is 5.02 Å². The van der Waals surface area contributed by atoms with Gasteiger partial charge in [0.15, 0.2) is 11.5 Å². The van der Waals surface area contributed by atoms with Crippen LogP contribution in [-0.2, 0) is 6.42 Å². The maximum Gasteiger partial charge on any atom is 0.220 e. The van der Waals surface area contributed by atoms with Gasteiger partial charge in [-0.1, -0.05) is 23.7 Å². The minimum absolute atomic E-state index is 0.169. The van der Waals surface area contributed by atoms with E-state index in [1.165, 1.54) is 0 Å². The van der Waals surface area contributed by atoms with Crippen molar-refractivity contribution in [2.45, 2.75) is 6.42 Å². The average Bonchev–Trinajstić information content (AvgIpc) is 2.62. The molecular formula is C18H18ClN3O3. The summed E-state index contributed by atoms with van der Waals surface area (Å²) in [5.74, 6) is 1.64. The van der Waals surface area contributed by atoms with E-state index in [2.05, 4.69) is 9.97 Å². The summed E-state index contributed by atoms with van der Waals surface area (Å²) in [6, 6.07) is 9.41. The fraction of sp³-hybridized carbons (Fsp3) is 0.222. The Bertz CT molecular complexity index is 914. The third-order valence-corrected chi connectivity index (χ3v) is 4.13. The van der Waals surface area contributed by atoms with E-state index in [1.54, 1.807) is 21.3 Å². The van der Waals surface area contributed by atoms with E-state index in [0.29, 0.717) is 34.2 Å². The van der Waals surface area contributed by atoms with Crippen LogP contribution in [0.15, 0.2) is 30.3 Å². The molecule has 7 heteroatoms. The minimum Gasteiger partial charge on any atom is -0.493 e. The highest BCUT2D eigenvalue weighted by atomic mass is 35.5. The zero-order chi connectivity index (χ0) is 18.0. The van der Waals surface area contributed by atoms with Crippen molar-refractivity contribution < 1.29 is 14.2 Å². The SMILES string of the molecule is COc1cc2c(Cc3ccc(Cl)cc3)nc(N)nc2c(OC)c1OC. The van der Waals surface area contributed by atoms with Gasteiger partial charge in [-0.25, -0.2) is 9.97 Å². The molecule has 0 amide bonds. The molecule has 0 unspecified atom stereocenters. The number of fused-ring (bicyclic) bond motifs is 1. The minimum atomic E-state index is 0.169. The van der Waals surface area contributed by atoms with E-state index in [4.69, 9.17) is 31.5 Å². The molecule has 130 valence electrons. The molecular weight excluding hydrogens is 342 g/mol. The highest BCUT2D eigenvalue weighted by molar-refractivity contribution is 6.30. The van der Waals surface area contributed by atoms with Crippen LogP contribution in [0.1, 0.15) is 11.3 Å². The Morgan fingerprint density at radius 1 is 0.960 bits per heavy atom. The number of rotatable bonds is 5. The number of nitrogen functional groups attached to an aromatic ring is 1. The first-order chi connectivity index (χ1) is 12.1.